The van der Waals surface area contributed by atoms with E-state index in [0.29, 0.717) is 12.3 Å². The number of nitrogens with one attached hydrogen (secondary N) is 1. The molecule has 1 aromatic rings. The van der Waals surface area contributed by atoms with Crippen molar-refractivity contribution in [3.63, 3.8) is 0 Å². The third-order valence-electron chi connectivity index (χ3n) is 3.83. The highest BCUT2D eigenvalue weighted by molar-refractivity contribution is 5.75. The van der Waals surface area contributed by atoms with Gasteiger partial charge in [-0.15, -0.1) is 0 Å². The predicted octanol–water partition coefficient (Wildman–Crippen LogP) is 4.34. The fraction of sp³-hybridized carbons (Fsp3) is 0.611. The molecule has 0 fully saturated rings. The molecule has 0 aliphatic carbocycles. The van der Waals surface area contributed by atoms with Gasteiger partial charge in [-0.25, -0.2) is 0 Å². The van der Waals surface area contributed by atoms with E-state index in [1.54, 1.807) is 0 Å². The number of hydrogen-bond donors (Lipinski definition) is 1. The van der Waals surface area contributed by atoms with Crippen molar-refractivity contribution in [2.45, 2.75) is 58.8 Å². The summed E-state index contributed by atoms with van der Waals surface area (Å²) in [7, 11) is 0. The van der Waals surface area contributed by atoms with Crippen LogP contribution < -0.4 is 5.32 Å². The van der Waals surface area contributed by atoms with Crippen LogP contribution in [0.15, 0.2) is 30.3 Å². The van der Waals surface area contributed by atoms with Crippen LogP contribution in [0.3, 0.4) is 0 Å². The number of rotatable bonds is 10. The molecule has 1 atom stereocenters. The molecule has 20 heavy (non-hydrogen) atoms. The van der Waals surface area contributed by atoms with Gasteiger partial charge in [-0.3, -0.25) is 4.79 Å². The maximum Gasteiger partial charge on any atom is 0.219 e. The quantitative estimate of drug-likeness (QED) is 0.632. The number of carbonyl (C=O) groups is 1. The second kappa shape index (κ2) is 10.5. The highest BCUT2D eigenvalue weighted by Crippen LogP contribution is 2.15. The van der Waals surface area contributed by atoms with E-state index in [1.807, 2.05) is 0 Å². The molecule has 0 aromatic heterocycles. The molecule has 1 amide bonds. The molecular formula is C18H29NO. The van der Waals surface area contributed by atoms with Gasteiger partial charge in [0.1, 0.15) is 0 Å². The molecule has 1 N–H and O–H groups in total. The fourth-order valence-corrected chi connectivity index (χ4v) is 2.44. The topological polar surface area (TPSA) is 29.1 Å². The van der Waals surface area contributed by atoms with Crippen LogP contribution in [0.5, 0.6) is 0 Å². The van der Waals surface area contributed by atoms with Crippen LogP contribution in [0, 0.1) is 5.92 Å². The third-order valence-corrected chi connectivity index (χ3v) is 3.83. The summed E-state index contributed by atoms with van der Waals surface area (Å²) in [6.45, 7) is 5.21. The highest BCUT2D eigenvalue weighted by Gasteiger charge is 2.08. The van der Waals surface area contributed by atoms with E-state index < -0.39 is 0 Å². The Labute approximate surface area is 124 Å². The molecule has 0 radical (unpaired) electrons. The number of unbranched alkanes of at least 4 members (excludes halogenated alkanes) is 2. The van der Waals surface area contributed by atoms with Gasteiger partial charge in [-0.05, 0) is 30.7 Å². The van der Waals surface area contributed by atoms with E-state index in [1.165, 1.54) is 18.4 Å². The van der Waals surface area contributed by atoms with Gasteiger partial charge in [0, 0.05) is 13.0 Å². The van der Waals surface area contributed by atoms with Crippen molar-refractivity contribution in [3.05, 3.63) is 35.9 Å². The second-order valence-corrected chi connectivity index (χ2v) is 5.56. The first-order valence-electron chi connectivity index (χ1n) is 8.06. The Hall–Kier alpha value is -1.31. The SMILES string of the molecule is CCCCCC(=O)NCCC(CC)Cc1ccccc1. The van der Waals surface area contributed by atoms with Crippen LogP contribution in [0.4, 0.5) is 0 Å². The highest BCUT2D eigenvalue weighted by atomic mass is 16.1. The average Bonchev–Trinajstić information content (AvgIpc) is 2.47. The molecule has 0 aliphatic heterocycles. The summed E-state index contributed by atoms with van der Waals surface area (Å²) in [6.07, 6.45) is 7.38. The van der Waals surface area contributed by atoms with Gasteiger partial charge in [0.2, 0.25) is 5.91 Å². The lowest BCUT2D eigenvalue weighted by Gasteiger charge is -2.15. The fourth-order valence-electron chi connectivity index (χ4n) is 2.44. The molecule has 0 saturated carbocycles. The minimum Gasteiger partial charge on any atom is -0.356 e. The number of benzene rings is 1. The molecule has 1 unspecified atom stereocenters. The lowest BCUT2D eigenvalue weighted by atomic mass is 9.94. The second-order valence-electron chi connectivity index (χ2n) is 5.56. The van der Waals surface area contributed by atoms with E-state index >= 15 is 0 Å². The third kappa shape index (κ3) is 7.32. The lowest BCUT2D eigenvalue weighted by Crippen LogP contribution is -2.26. The Kier molecular flexibility index (Phi) is 8.77. The van der Waals surface area contributed by atoms with E-state index in [4.69, 9.17) is 0 Å². The Morgan fingerprint density at radius 2 is 1.90 bits per heavy atom. The van der Waals surface area contributed by atoms with E-state index in [0.717, 1.165) is 32.2 Å². The Balaban J connectivity index is 2.19. The maximum absolute atomic E-state index is 11.6. The summed E-state index contributed by atoms with van der Waals surface area (Å²) in [5.74, 6) is 0.876. The van der Waals surface area contributed by atoms with Crippen molar-refractivity contribution in [2.24, 2.45) is 5.92 Å². The Morgan fingerprint density at radius 1 is 1.15 bits per heavy atom. The van der Waals surface area contributed by atoms with Gasteiger partial charge < -0.3 is 5.32 Å². The molecule has 2 heteroatoms. The average molecular weight is 275 g/mol. The van der Waals surface area contributed by atoms with Crippen molar-refractivity contribution in [1.82, 2.24) is 5.32 Å². The smallest absolute Gasteiger partial charge is 0.219 e. The Morgan fingerprint density at radius 3 is 2.55 bits per heavy atom. The standard InChI is InChI=1S/C18H29NO/c1-3-5-7-12-18(20)19-14-13-16(4-2)15-17-10-8-6-9-11-17/h6,8-11,16H,3-5,7,12-15H2,1-2H3,(H,19,20). The van der Waals surface area contributed by atoms with Gasteiger partial charge in [-0.1, -0.05) is 63.4 Å². The first-order chi connectivity index (χ1) is 9.76. The Bertz CT molecular complexity index is 361. The molecular weight excluding hydrogens is 246 g/mol. The summed E-state index contributed by atoms with van der Waals surface area (Å²) < 4.78 is 0. The molecule has 0 saturated heterocycles. The molecule has 1 rings (SSSR count). The first-order valence-corrected chi connectivity index (χ1v) is 8.06. The van der Waals surface area contributed by atoms with Crippen LogP contribution in [0.25, 0.3) is 0 Å². The van der Waals surface area contributed by atoms with E-state index in [2.05, 4.69) is 49.5 Å². The zero-order valence-electron chi connectivity index (χ0n) is 13.0. The van der Waals surface area contributed by atoms with Gasteiger partial charge in [0.05, 0.1) is 0 Å². The minimum atomic E-state index is 0.216. The summed E-state index contributed by atoms with van der Waals surface area (Å²) >= 11 is 0. The van der Waals surface area contributed by atoms with Crippen LogP contribution in [0.2, 0.25) is 0 Å². The summed E-state index contributed by atoms with van der Waals surface area (Å²) in [4.78, 5) is 11.6. The monoisotopic (exact) mass is 275 g/mol. The van der Waals surface area contributed by atoms with Crippen molar-refractivity contribution in [3.8, 4) is 0 Å². The van der Waals surface area contributed by atoms with Crippen LogP contribution >= 0.6 is 0 Å². The molecule has 0 aliphatic rings. The zero-order valence-corrected chi connectivity index (χ0v) is 13.0. The van der Waals surface area contributed by atoms with Gasteiger partial charge in [0.25, 0.3) is 0 Å². The van der Waals surface area contributed by atoms with Crippen molar-refractivity contribution in [2.75, 3.05) is 6.54 Å². The summed E-state index contributed by atoms with van der Waals surface area (Å²) in [6, 6.07) is 10.6. The summed E-state index contributed by atoms with van der Waals surface area (Å²) in [5, 5.41) is 3.05. The van der Waals surface area contributed by atoms with Crippen molar-refractivity contribution < 1.29 is 4.79 Å². The van der Waals surface area contributed by atoms with Crippen molar-refractivity contribution in [1.29, 1.82) is 0 Å². The van der Waals surface area contributed by atoms with Crippen LogP contribution in [-0.4, -0.2) is 12.5 Å². The van der Waals surface area contributed by atoms with Gasteiger partial charge in [0.15, 0.2) is 0 Å². The van der Waals surface area contributed by atoms with Crippen molar-refractivity contribution >= 4 is 5.91 Å². The van der Waals surface area contributed by atoms with Crippen LogP contribution in [0.1, 0.15) is 57.9 Å². The molecule has 2 nitrogen and oxygen atoms in total. The first kappa shape index (κ1) is 16.7. The molecule has 1 aromatic carbocycles. The predicted molar refractivity (Wildman–Crippen MR) is 85.7 cm³/mol. The van der Waals surface area contributed by atoms with Crippen LogP contribution in [-0.2, 0) is 11.2 Å². The normalized spacial score (nSPS) is 12.1. The number of hydrogen-bond acceptors (Lipinski definition) is 1. The number of carbonyl (C=O) groups excluding carboxylic acids is 1. The minimum absolute atomic E-state index is 0.216. The van der Waals surface area contributed by atoms with Gasteiger partial charge in [-0.2, -0.15) is 0 Å². The zero-order chi connectivity index (χ0) is 14.6. The molecule has 112 valence electrons. The van der Waals surface area contributed by atoms with Gasteiger partial charge >= 0.3 is 0 Å². The molecule has 0 heterocycles. The number of amides is 1. The molecule has 0 bridgehead atoms. The summed E-state index contributed by atoms with van der Waals surface area (Å²) in [5.41, 5.74) is 1.40. The van der Waals surface area contributed by atoms with E-state index in [-0.39, 0.29) is 5.91 Å². The largest absolute Gasteiger partial charge is 0.356 e. The maximum atomic E-state index is 11.6. The van der Waals surface area contributed by atoms with E-state index in [9.17, 15) is 4.79 Å². The molecule has 0 spiro atoms. The lowest BCUT2D eigenvalue weighted by molar-refractivity contribution is -0.121.